The number of aromatic nitrogens is 2. The van der Waals surface area contributed by atoms with Crippen molar-refractivity contribution in [2.24, 2.45) is 0 Å². The molecular formula is C14H23N5. The SMILES string of the molecule is CC1CN(c2ncnc3c2CNCC3)CC(C)N1C. The summed E-state index contributed by atoms with van der Waals surface area (Å²) in [5.41, 5.74) is 2.53. The van der Waals surface area contributed by atoms with Crippen molar-refractivity contribution in [2.75, 3.05) is 31.6 Å². The van der Waals surface area contributed by atoms with E-state index in [4.69, 9.17) is 0 Å². The van der Waals surface area contributed by atoms with Gasteiger partial charge in [-0.15, -0.1) is 0 Å². The second kappa shape index (κ2) is 5.06. The van der Waals surface area contributed by atoms with Crippen LogP contribution in [0, 0.1) is 0 Å². The van der Waals surface area contributed by atoms with E-state index in [2.05, 4.69) is 46.0 Å². The highest BCUT2D eigenvalue weighted by molar-refractivity contribution is 5.50. The molecule has 0 radical (unpaired) electrons. The van der Waals surface area contributed by atoms with Crippen LogP contribution in [0.15, 0.2) is 6.33 Å². The molecule has 3 rings (SSSR count). The lowest BCUT2D eigenvalue weighted by molar-refractivity contribution is 0.169. The lowest BCUT2D eigenvalue weighted by Crippen LogP contribution is -2.55. The van der Waals surface area contributed by atoms with Gasteiger partial charge in [0, 0.05) is 50.2 Å². The van der Waals surface area contributed by atoms with E-state index in [0.29, 0.717) is 12.1 Å². The van der Waals surface area contributed by atoms with Gasteiger partial charge in [0.05, 0.1) is 5.69 Å². The molecule has 2 unspecified atom stereocenters. The number of likely N-dealkylation sites (N-methyl/N-ethyl adjacent to an activating group) is 1. The molecule has 1 fully saturated rings. The molecule has 1 N–H and O–H groups in total. The lowest BCUT2D eigenvalue weighted by atomic mass is 10.0. The molecule has 2 atom stereocenters. The standard InChI is InChI=1S/C14H23N5/c1-10-7-19(8-11(2)18(10)3)14-12-6-15-5-4-13(12)16-9-17-14/h9-11,15H,4-8H2,1-3H3. The Morgan fingerprint density at radius 2 is 1.95 bits per heavy atom. The maximum Gasteiger partial charge on any atom is 0.136 e. The number of hydrogen-bond acceptors (Lipinski definition) is 5. The molecule has 19 heavy (non-hydrogen) atoms. The van der Waals surface area contributed by atoms with Crippen LogP contribution < -0.4 is 10.2 Å². The van der Waals surface area contributed by atoms with E-state index in [1.807, 2.05) is 0 Å². The Morgan fingerprint density at radius 3 is 2.68 bits per heavy atom. The molecule has 0 aliphatic carbocycles. The highest BCUT2D eigenvalue weighted by Gasteiger charge is 2.29. The van der Waals surface area contributed by atoms with Crippen molar-refractivity contribution in [1.29, 1.82) is 0 Å². The van der Waals surface area contributed by atoms with Crippen molar-refractivity contribution < 1.29 is 0 Å². The minimum Gasteiger partial charge on any atom is -0.353 e. The van der Waals surface area contributed by atoms with Crippen molar-refractivity contribution in [3.8, 4) is 0 Å². The average Bonchev–Trinajstić information content (AvgIpc) is 2.43. The molecule has 5 nitrogen and oxygen atoms in total. The first kappa shape index (κ1) is 12.8. The molecule has 0 saturated carbocycles. The summed E-state index contributed by atoms with van der Waals surface area (Å²) < 4.78 is 0. The molecule has 0 amide bonds. The summed E-state index contributed by atoms with van der Waals surface area (Å²) >= 11 is 0. The summed E-state index contributed by atoms with van der Waals surface area (Å²) in [6, 6.07) is 1.12. The molecule has 0 spiro atoms. The van der Waals surface area contributed by atoms with Crippen LogP contribution in [0.5, 0.6) is 0 Å². The molecule has 104 valence electrons. The van der Waals surface area contributed by atoms with Gasteiger partial charge in [-0.2, -0.15) is 0 Å². The largest absolute Gasteiger partial charge is 0.353 e. The molecule has 1 saturated heterocycles. The molecule has 5 heteroatoms. The van der Waals surface area contributed by atoms with Crippen LogP contribution in [0.2, 0.25) is 0 Å². The second-order valence-corrected chi connectivity index (χ2v) is 5.82. The van der Waals surface area contributed by atoms with Gasteiger partial charge in [0.15, 0.2) is 0 Å². The van der Waals surface area contributed by atoms with Crippen LogP contribution in [-0.4, -0.2) is 53.6 Å². The smallest absolute Gasteiger partial charge is 0.136 e. The van der Waals surface area contributed by atoms with Gasteiger partial charge in [-0.25, -0.2) is 9.97 Å². The zero-order chi connectivity index (χ0) is 13.4. The minimum absolute atomic E-state index is 0.561. The normalized spacial score (nSPS) is 28.3. The molecule has 2 aliphatic heterocycles. The Hall–Kier alpha value is -1.20. The van der Waals surface area contributed by atoms with Gasteiger partial charge in [0.1, 0.15) is 12.1 Å². The third-order valence-corrected chi connectivity index (χ3v) is 4.51. The average molecular weight is 261 g/mol. The van der Waals surface area contributed by atoms with Crippen LogP contribution in [0.4, 0.5) is 5.82 Å². The number of piperazine rings is 1. The predicted molar refractivity (Wildman–Crippen MR) is 76.3 cm³/mol. The zero-order valence-electron chi connectivity index (χ0n) is 12.1. The molecule has 0 bridgehead atoms. The lowest BCUT2D eigenvalue weighted by Gasteiger charge is -2.43. The van der Waals surface area contributed by atoms with Crippen molar-refractivity contribution in [3.05, 3.63) is 17.6 Å². The Balaban J connectivity index is 1.90. The van der Waals surface area contributed by atoms with E-state index in [0.717, 1.165) is 38.4 Å². The fourth-order valence-corrected chi connectivity index (χ4v) is 3.10. The Bertz CT molecular complexity index is 449. The summed E-state index contributed by atoms with van der Waals surface area (Å²) in [6.07, 6.45) is 2.75. The van der Waals surface area contributed by atoms with Gasteiger partial charge in [0.2, 0.25) is 0 Å². The first-order valence-electron chi connectivity index (χ1n) is 7.17. The van der Waals surface area contributed by atoms with E-state index < -0.39 is 0 Å². The fraction of sp³-hybridized carbons (Fsp3) is 0.714. The minimum atomic E-state index is 0.561. The maximum absolute atomic E-state index is 4.57. The summed E-state index contributed by atoms with van der Waals surface area (Å²) in [5.74, 6) is 1.14. The van der Waals surface area contributed by atoms with Crippen LogP contribution in [0.1, 0.15) is 25.1 Å². The third kappa shape index (κ3) is 2.32. The topological polar surface area (TPSA) is 44.3 Å². The maximum atomic E-state index is 4.57. The van der Waals surface area contributed by atoms with E-state index in [1.54, 1.807) is 6.33 Å². The van der Waals surface area contributed by atoms with Crippen LogP contribution in [0.25, 0.3) is 0 Å². The quantitative estimate of drug-likeness (QED) is 0.804. The number of hydrogen-bond donors (Lipinski definition) is 1. The van der Waals surface area contributed by atoms with E-state index >= 15 is 0 Å². The molecule has 1 aromatic rings. The number of anilines is 1. The van der Waals surface area contributed by atoms with Gasteiger partial charge in [-0.1, -0.05) is 0 Å². The first-order chi connectivity index (χ1) is 9.16. The Labute approximate surface area is 115 Å². The summed E-state index contributed by atoms with van der Waals surface area (Å²) in [5, 5.41) is 3.43. The number of rotatable bonds is 1. The Morgan fingerprint density at radius 1 is 1.21 bits per heavy atom. The van der Waals surface area contributed by atoms with E-state index in [-0.39, 0.29) is 0 Å². The molecule has 1 aromatic heterocycles. The first-order valence-corrected chi connectivity index (χ1v) is 7.17. The zero-order valence-corrected chi connectivity index (χ0v) is 12.1. The fourth-order valence-electron chi connectivity index (χ4n) is 3.10. The van der Waals surface area contributed by atoms with E-state index in [1.165, 1.54) is 11.3 Å². The highest BCUT2D eigenvalue weighted by Crippen LogP contribution is 2.25. The van der Waals surface area contributed by atoms with Crippen molar-refractivity contribution in [1.82, 2.24) is 20.2 Å². The molecular weight excluding hydrogens is 238 g/mol. The highest BCUT2D eigenvalue weighted by atomic mass is 15.3. The van der Waals surface area contributed by atoms with Crippen LogP contribution >= 0.6 is 0 Å². The van der Waals surface area contributed by atoms with Crippen molar-refractivity contribution >= 4 is 5.82 Å². The van der Waals surface area contributed by atoms with Crippen molar-refractivity contribution in [2.45, 2.75) is 38.9 Å². The van der Waals surface area contributed by atoms with Gasteiger partial charge in [-0.05, 0) is 20.9 Å². The molecule has 2 aliphatic rings. The monoisotopic (exact) mass is 261 g/mol. The van der Waals surface area contributed by atoms with Gasteiger partial charge in [0.25, 0.3) is 0 Å². The third-order valence-electron chi connectivity index (χ3n) is 4.51. The number of nitrogens with one attached hydrogen (secondary N) is 1. The molecule has 0 aromatic carbocycles. The van der Waals surface area contributed by atoms with Crippen LogP contribution in [0.3, 0.4) is 0 Å². The second-order valence-electron chi connectivity index (χ2n) is 5.82. The van der Waals surface area contributed by atoms with Gasteiger partial charge < -0.3 is 10.2 Å². The Kier molecular flexibility index (Phi) is 3.41. The van der Waals surface area contributed by atoms with Crippen LogP contribution in [-0.2, 0) is 13.0 Å². The summed E-state index contributed by atoms with van der Waals surface area (Å²) in [6.45, 7) is 8.59. The summed E-state index contributed by atoms with van der Waals surface area (Å²) in [7, 11) is 2.21. The summed E-state index contributed by atoms with van der Waals surface area (Å²) in [4.78, 5) is 13.9. The van der Waals surface area contributed by atoms with Gasteiger partial charge >= 0.3 is 0 Å². The number of nitrogens with zero attached hydrogens (tertiary/aromatic N) is 4. The number of fused-ring (bicyclic) bond motifs is 1. The molecule has 3 heterocycles. The van der Waals surface area contributed by atoms with E-state index in [9.17, 15) is 0 Å². The van der Waals surface area contributed by atoms with Crippen molar-refractivity contribution in [3.63, 3.8) is 0 Å². The van der Waals surface area contributed by atoms with Gasteiger partial charge in [-0.3, -0.25) is 4.90 Å². The predicted octanol–water partition coefficient (Wildman–Crippen LogP) is 0.651.